The van der Waals surface area contributed by atoms with Crippen LogP contribution in [0.5, 0.6) is 0 Å². The second-order valence-corrected chi connectivity index (χ2v) is 2.89. The topological polar surface area (TPSA) is 47.3 Å². The fraction of sp³-hybridized carbons (Fsp3) is 0.556. The molecule has 0 atom stereocenters. The zero-order valence-electron chi connectivity index (χ0n) is 7.42. The lowest BCUT2D eigenvalue weighted by Crippen LogP contribution is -2.51. The van der Waals surface area contributed by atoms with Gasteiger partial charge >= 0.3 is 0 Å². The van der Waals surface area contributed by atoms with Crippen LogP contribution in [0.1, 0.15) is 6.42 Å². The summed E-state index contributed by atoms with van der Waals surface area (Å²) in [5, 5.41) is 3.18. The molecule has 0 bridgehead atoms. The van der Waals surface area contributed by atoms with Crippen molar-refractivity contribution in [2.45, 2.75) is 12.1 Å². The molecule has 1 rings (SSSR count). The molecule has 0 saturated heterocycles. The minimum atomic E-state index is -0.462. The lowest BCUT2D eigenvalue weighted by atomic mass is 10.1. The van der Waals surface area contributed by atoms with Crippen LogP contribution in [0.4, 0.5) is 0 Å². The third-order valence-corrected chi connectivity index (χ3v) is 1.80. The summed E-state index contributed by atoms with van der Waals surface area (Å²) in [7, 11) is 1.68. The maximum Gasteiger partial charge on any atom is 0.105 e. The lowest BCUT2D eigenvalue weighted by molar-refractivity contribution is 0.194. The molecular weight excluding hydrogens is 152 g/mol. The standard InChI is InChI=1S/C9H16N2O/c1-12-8-7-11-9(10)5-3-2-4-6-9/h3-6,11H,2,7-8,10H2,1H3. The van der Waals surface area contributed by atoms with Gasteiger partial charge in [0.25, 0.3) is 0 Å². The van der Waals surface area contributed by atoms with Crippen LogP contribution in [0.25, 0.3) is 0 Å². The lowest BCUT2D eigenvalue weighted by Gasteiger charge is -2.25. The van der Waals surface area contributed by atoms with Crippen molar-refractivity contribution in [3.05, 3.63) is 24.3 Å². The Morgan fingerprint density at radius 1 is 1.50 bits per heavy atom. The third kappa shape index (κ3) is 2.77. The first-order chi connectivity index (χ1) is 5.77. The highest BCUT2D eigenvalue weighted by atomic mass is 16.5. The number of ether oxygens (including phenoxy) is 1. The number of methoxy groups -OCH3 is 1. The van der Waals surface area contributed by atoms with Crippen LogP contribution in [0.2, 0.25) is 0 Å². The molecule has 0 amide bonds. The maximum atomic E-state index is 5.96. The fourth-order valence-corrected chi connectivity index (χ4v) is 1.15. The molecule has 12 heavy (non-hydrogen) atoms. The molecule has 0 fully saturated rings. The van der Waals surface area contributed by atoms with E-state index in [1.54, 1.807) is 7.11 Å². The summed E-state index contributed by atoms with van der Waals surface area (Å²) >= 11 is 0. The second-order valence-electron chi connectivity index (χ2n) is 2.89. The molecule has 0 aromatic rings. The molecule has 1 aliphatic carbocycles. The van der Waals surface area contributed by atoms with Crippen molar-refractivity contribution in [1.29, 1.82) is 0 Å². The number of allylic oxidation sites excluding steroid dienone is 2. The van der Waals surface area contributed by atoms with Crippen molar-refractivity contribution in [2.24, 2.45) is 5.73 Å². The van der Waals surface area contributed by atoms with Crippen molar-refractivity contribution < 1.29 is 4.74 Å². The fourth-order valence-electron chi connectivity index (χ4n) is 1.15. The van der Waals surface area contributed by atoms with Gasteiger partial charge in [0.2, 0.25) is 0 Å². The van der Waals surface area contributed by atoms with Gasteiger partial charge in [-0.1, -0.05) is 12.2 Å². The van der Waals surface area contributed by atoms with Crippen molar-refractivity contribution in [1.82, 2.24) is 5.32 Å². The van der Waals surface area contributed by atoms with Crippen LogP contribution in [0, 0.1) is 0 Å². The minimum Gasteiger partial charge on any atom is -0.383 e. The van der Waals surface area contributed by atoms with Crippen molar-refractivity contribution in [2.75, 3.05) is 20.3 Å². The van der Waals surface area contributed by atoms with E-state index in [0.29, 0.717) is 6.61 Å². The van der Waals surface area contributed by atoms with Crippen LogP contribution in [-0.4, -0.2) is 25.9 Å². The average molecular weight is 168 g/mol. The van der Waals surface area contributed by atoms with Crippen molar-refractivity contribution >= 4 is 0 Å². The van der Waals surface area contributed by atoms with Crippen LogP contribution < -0.4 is 11.1 Å². The first-order valence-electron chi connectivity index (χ1n) is 4.15. The van der Waals surface area contributed by atoms with Gasteiger partial charge in [-0.25, -0.2) is 0 Å². The quantitative estimate of drug-likeness (QED) is 0.363. The zero-order chi connectivity index (χ0) is 8.86. The second kappa shape index (κ2) is 4.40. The predicted molar refractivity (Wildman–Crippen MR) is 49.7 cm³/mol. The van der Waals surface area contributed by atoms with Gasteiger partial charge in [-0.2, -0.15) is 0 Å². The van der Waals surface area contributed by atoms with Crippen LogP contribution in [0.15, 0.2) is 24.3 Å². The molecule has 0 aromatic heterocycles. The Balaban J connectivity index is 2.32. The summed E-state index contributed by atoms with van der Waals surface area (Å²) in [5.74, 6) is 0. The van der Waals surface area contributed by atoms with E-state index in [1.807, 2.05) is 12.2 Å². The van der Waals surface area contributed by atoms with E-state index in [9.17, 15) is 0 Å². The maximum absolute atomic E-state index is 5.96. The Labute approximate surface area is 73.3 Å². The largest absolute Gasteiger partial charge is 0.383 e. The normalized spacial score (nSPS) is 19.8. The van der Waals surface area contributed by atoms with Crippen molar-refractivity contribution in [3.8, 4) is 0 Å². The minimum absolute atomic E-state index is 0.462. The third-order valence-electron chi connectivity index (χ3n) is 1.80. The number of nitrogens with one attached hydrogen (secondary N) is 1. The molecule has 0 aliphatic heterocycles. The molecule has 0 aromatic carbocycles. The highest BCUT2D eigenvalue weighted by Gasteiger charge is 2.17. The molecule has 0 unspecified atom stereocenters. The van der Waals surface area contributed by atoms with E-state index in [1.165, 1.54) is 0 Å². The molecular formula is C9H16N2O. The number of hydrogen-bond acceptors (Lipinski definition) is 3. The van der Waals surface area contributed by atoms with Crippen LogP contribution in [-0.2, 0) is 4.74 Å². The Morgan fingerprint density at radius 2 is 2.17 bits per heavy atom. The average Bonchev–Trinajstić information content (AvgIpc) is 2.06. The predicted octanol–water partition coefficient (Wildman–Crippen LogP) is 0.393. The van der Waals surface area contributed by atoms with E-state index < -0.39 is 5.66 Å². The van der Waals surface area contributed by atoms with E-state index in [4.69, 9.17) is 10.5 Å². The van der Waals surface area contributed by atoms with Gasteiger partial charge in [-0.3, -0.25) is 5.32 Å². The van der Waals surface area contributed by atoms with E-state index in [2.05, 4.69) is 17.5 Å². The Hall–Kier alpha value is -0.640. The van der Waals surface area contributed by atoms with Gasteiger partial charge in [0, 0.05) is 13.7 Å². The molecule has 0 spiro atoms. The van der Waals surface area contributed by atoms with Gasteiger partial charge in [0.15, 0.2) is 0 Å². The van der Waals surface area contributed by atoms with Gasteiger partial charge in [-0.15, -0.1) is 0 Å². The van der Waals surface area contributed by atoms with Crippen LogP contribution >= 0.6 is 0 Å². The molecule has 3 N–H and O–H groups in total. The van der Waals surface area contributed by atoms with Gasteiger partial charge < -0.3 is 10.5 Å². The van der Waals surface area contributed by atoms with Gasteiger partial charge in [0.1, 0.15) is 5.66 Å². The van der Waals surface area contributed by atoms with E-state index in [0.717, 1.165) is 13.0 Å². The molecule has 3 heteroatoms. The van der Waals surface area contributed by atoms with E-state index >= 15 is 0 Å². The van der Waals surface area contributed by atoms with Crippen molar-refractivity contribution in [3.63, 3.8) is 0 Å². The van der Waals surface area contributed by atoms with Crippen LogP contribution in [0.3, 0.4) is 0 Å². The SMILES string of the molecule is COCCNC1(N)C=CCC=C1. The summed E-state index contributed by atoms with van der Waals surface area (Å²) in [6.07, 6.45) is 9.04. The highest BCUT2D eigenvalue weighted by molar-refractivity contribution is 5.20. The monoisotopic (exact) mass is 168 g/mol. The summed E-state index contributed by atoms with van der Waals surface area (Å²) in [6, 6.07) is 0. The molecule has 68 valence electrons. The first-order valence-corrected chi connectivity index (χ1v) is 4.15. The van der Waals surface area contributed by atoms with E-state index in [-0.39, 0.29) is 0 Å². The molecule has 1 aliphatic rings. The smallest absolute Gasteiger partial charge is 0.105 e. The summed E-state index contributed by atoms with van der Waals surface area (Å²) in [6.45, 7) is 1.45. The molecule has 0 heterocycles. The van der Waals surface area contributed by atoms with Gasteiger partial charge in [-0.05, 0) is 18.6 Å². The zero-order valence-corrected chi connectivity index (χ0v) is 7.42. The summed E-state index contributed by atoms with van der Waals surface area (Å²) < 4.78 is 4.91. The summed E-state index contributed by atoms with van der Waals surface area (Å²) in [4.78, 5) is 0. The first kappa shape index (κ1) is 9.45. The highest BCUT2D eigenvalue weighted by Crippen LogP contribution is 2.07. The number of rotatable bonds is 4. The Kier molecular flexibility index (Phi) is 3.47. The molecule has 3 nitrogen and oxygen atoms in total. The Morgan fingerprint density at radius 3 is 2.75 bits per heavy atom. The number of nitrogens with two attached hydrogens (primary N) is 1. The molecule has 0 saturated carbocycles. The summed E-state index contributed by atoms with van der Waals surface area (Å²) in [5.41, 5.74) is 5.50. The van der Waals surface area contributed by atoms with Gasteiger partial charge in [0.05, 0.1) is 6.61 Å². The Bertz CT molecular complexity index is 175. The number of hydrogen-bond donors (Lipinski definition) is 2. The molecule has 0 radical (unpaired) electrons.